The fourth-order valence-corrected chi connectivity index (χ4v) is 10.6. The molecule has 0 saturated carbocycles. The van der Waals surface area contributed by atoms with Gasteiger partial charge in [0.1, 0.15) is 0 Å². The largest absolute Gasteiger partial charge is 0.309 e. The summed E-state index contributed by atoms with van der Waals surface area (Å²) in [7, 11) is -3.73. The van der Waals surface area contributed by atoms with Crippen LogP contribution in [-0.4, -0.2) is 13.0 Å². The maximum Gasteiger partial charge on any atom is 0.207 e. The molecule has 1 aromatic heterocycles. The molecule has 0 radical (unpaired) electrons. The molecule has 0 aliphatic carbocycles. The first-order valence-electron chi connectivity index (χ1n) is 18.7. The quantitative estimate of drug-likeness (QED) is 0.182. The van der Waals surface area contributed by atoms with Crippen LogP contribution in [0.15, 0.2) is 198 Å². The average molecular weight is 728 g/mol. The van der Waals surface area contributed by atoms with E-state index in [-0.39, 0.29) is 0 Å². The zero-order valence-electron chi connectivity index (χ0n) is 30.6. The molecule has 1 aliphatic rings. The van der Waals surface area contributed by atoms with E-state index in [0.29, 0.717) is 9.79 Å². The summed E-state index contributed by atoms with van der Waals surface area (Å²) in [5.74, 6) is 0. The maximum absolute atomic E-state index is 14.2. The van der Waals surface area contributed by atoms with Gasteiger partial charge in [-0.25, -0.2) is 8.42 Å². The Bertz CT molecular complexity index is 3030. The van der Waals surface area contributed by atoms with E-state index in [1.165, 1.54) is 0 Å². The summed E-state index contributed by atoms with van der Waals surface area (Å²) in [5.41, 5.74) is 8.46. The summed E-state index contributed by atoms with van der Waals surface area (Å²) in [5, 5.41) is 6.72. The minimum absolute atomic E-state index is 0.360. The lowest BCUT2D eigenvalue weighted by Crippen LogP contribution is -2.30. The minimum atomic E-state index is -3.73. The van der Waals surface area contributed by atoms with Crippen LogP contribution in [0.5, 0.6) is 0 Å². The van der Waals surface area contributed by atoms with Crippen molar-refractivity contribution in [2.24, 2.45) is 0 Å². The minimum Gasteiger partial charge on any atom is -0.309 e. The number of hydrogen-bond acceptors (Lipinski definition) is 2. The van der Waals surface area contributed by atoms with E-state index < -0.39 is 15.3 Å². The van der Waals surface area contributed by atoms with Gasteiger partial charge in [-0.05, 0) is 103 Å². The number of sulfone groups is 1. The molecule has 0 atom stereocenters. The smallest absolute Gasteiger partial charge is 0.207 e. The van der Waals surface area contributed by atoms with Crippen molar-refractivity contribution < 1.29 is 8.42 Å². The summed E-state index contributed by atoms with van der Waals surface area (Å²) in [6.07, 6.45) is 0. The number of rotatable bonds is 3. The van der Waals surface area contributed by atoms with Gasteiger partial charge in [-0.15, -0.1) is 0 Å². The fraction of sp³-hybridized carbons (Fsp3) is 0.0588. The van der Waals surface area contributed by atoms with Crippen molar-refractivity contribution in [1.82, 2.24) is 4.57 Å². The van der Waals surface area contributed by atoms with Crippen LogP contribution in [0.1, 0.15) is 25.0 Å². The van der Waals surface area contributed by atoms with Crippen LogP contribution in [0.4, 0.5) is 0 Å². The summed E-state index contributed by atoms with van der Waals surface area (Å²) < 4.78 is 30.8. The molecule has 0 spiro atoms. The zero-order chi connectivity index (χ0) is 37.3. The van der Waals surface area contributed by atoms with Gasteiger partial charge in [0.2, 0.25) is 9.84 Å². The molecule has 10 rings (SSSR count). The van der Waals surface area contributed by atoms with Crippen molar-refractivity contribution in [2.75, 3.05) is 0 Å². The third-order valence-corrected chi connectivity index (χ3v) is 13.3. The Morgan fingerprint density at radius 1 is 0.382 bits per heavy atom. The lowest BCUT2D eigenvalue weighted by molar-refractivity contribution is 0.555. The molecule has 0 N–H and O–H groups in total. The van der Waals surface area contributed by atoms with Crippen LogP contribution in [0.2, 0.25) is 0 Å². The van der Waals surface area contributed by atoms with Crippen LogP contribution in [0.25, 0.3) is 71.3 Å². The van der Waals surface area contributed by atoms with E-state index in [2.05, 4.69) is 158 Å². The highest BCUT2D eigenvalue weighted by atomic mass is 32.2. The van der Waals surface area contributed by atoms with Gasteiger partial charge >= 0.3 is 0 Å². The maximum atomic E-state index is 14.2. The van der Waals surface area contributed by atoms with Gasteiger partial charge in [0.25, 0.3) is 0 Å². The third-order valence-electron chi connectivity index (χ3n) is 11.4. The highest BCUT2D eigenvalue weighted by molar-refractivity contribution is 7.91. The second-order valence-electron chi connectivity index (χ2n) is 14.9. The van der Waals surface area contributed by atoms with Crippen molar-refractivity contribution in [3.8, 4) is 27.9 Å². The molecule has 55 heavy (non-hydrogen) atoms. The van der Waals surface area contributed by atoms with Crippen LogP contribution >= 0.6 is 0 Å². The predicted octanol–water partition coefficient (Wildman–Crippen LogP) is 13.0. The molecule has 3 nitrogen and oxygen atoms in total. The van der Waals surface area contributed by atoms with Crippen LogP contribution in [0.3, 0.4) is 0 Å². The molecule has 8 aromatic carbocycles. The van der Waals surface area contributed by atoms with Crippen LogP contribution in [0, 0.1) is 0 Å². The van der Waals surface area contributed by atoms with Crippen molar-refractivity contribution in [2.45, 2.75) is 29.1 Å². The van der Waals surface area contributed by atoms with Gasteiger partial charge < -0.3 is 4.57 Å². The molecule has 0 bridgehead atoms. The van der Waals surface area contributed by atoms with E-state index in [9.17, 15) is 8.42 Å². The molecule has 264 valence electrons. The first kappa shape index (κ1) is 33.1. The molecular weight excluding hydrogens is 691 g/mol. The van der Waals surface area contributed by atoms with Gasteiger partial charge in [-0.3, -0.25) is 0 Å². The lowest BCUT2D eigenvalue weighted by atomic mass is 9.77. The first-order chi connectivity index (χ1) is 26.8. The van der Waals surface area contributed by atoms with Crippen molar-refractivity contribution in [1.29, 1.82) is 0 Å². The summed E-state index contributed by atoms with van der Waals surface area (Å²) in [6, 6.07) is 65.3. The van der Waals surface area contributed by atoms with E-state index in [0.717, 1.165) is 82.4 Å². The Kier molecular flexibility index (Phi) is 7.55. The Hall–Kier alpha value is -6.49. The Morgan fingerprint density at radius 3 is 1.35 bits per heavy atom. The van der Waals surface area contributed by atoms with Crippen molar-refractivity contribution >= 4 is 53.2 Å². The summed E-state index contributed by atoms with van der Waals surface area (Å²) in [6.45, 7) is 4.27. The standard InChI is InChI=1S/C51H37NO2S/c1-51(2)45-23-13-14-24-49(45)55(53,54)50-30-27-38(33-46(50)51)52-47-28-25-36(34-15-5-3-6-16-34)31-43(47)41-21-11-9-19-39(41)40-20-10-12-22-42(40)44-32-37(26-29-48(44)52)35-17-7-4-8-18-35/h3-33H,1-2H3. The number of nitrogens with zero attached hydrogens (tertiary/aromatic N) is 1. The molecule has 0 amide bonds. The summed E-state index contributed by atoms with van der Waals surface area (Å²) in [4.78, 5) is 0.744. The second-order valence-corrected chi connectivity index (χ2v) is 16.8. The Morgan fingerprint density at radius 2 is 0.818 bits per heavy atom. The van der Waals surface area contributed by atoms with Gasteiger partial charge in [-0.2, -0.15) is 0 Å². The monoisotopic (exact) mass is 727 g/mol. The summed E-state index contributed by atoms with van der Waals surface area (Å²) >= 11 is 0. The average Bonchev–Trinajstić information content (AvgIpc) is 3.28. The zero-order valence-corrected chi connectivity index (χ0v) is 31.4. The number of hydrogen-bond donors (Lipinski definition) is 0. The molecular formula is C51H37NO2S. The lowest BCUT2D eigenvalue weighted by Gasteiger charge is -2.35. The molecule has 9 aromatic rings. The van der Waals surface area contributed by atoms with E-state index in [1.54, 1.807) is 6.07 Å². The topological polar surface area (TPSA) is 39.1 Å². The van der Waals surface area contributed by atoms with Gasteiger partial charge in [0.15, 0.2) is 0 Å². The Balaban J connectivity index is 1.43. The SMILES string of the molecule is CC1(C)c2ccccc2S(=O)(=O)c2ccc(-n3c4ccc(-c5ccccc5)cc4c4ccccc4c4ccccc4c4cc(-c5ccccc5)ccc43)cc21. The number of benzene rings is 8. The third kappa shape index (κ3) is 5.20. The van der Waals surface area contributed by atoms with Crippen LogP contribution < -0.4 is 0 Å². The molecule has 1 aliphatic heterocycles. The highest BCUT2D eigenvalue weighted by Crippen LogP contribution is 2.47. The second kappa shape index (κ2) is 12.5. The van der Waals surface area contributed by atoms with E-state index >= 15 is 0 Å². The van der Waals surface area contributed by atoms with E-state index in [4.69, 9.17) is 0 Å². The number of aromatic nitrogens is 1. The van der Waals surface area contributed by atoms with Crippen molar-refractivity contribution in [3.05, 3.63) is 199 Å². The van der Waals surface area contributed by atoms with Crippen LogP contribution in [-0.2, 0) is 15.3 Å². The van der Waals surface area contributed by atoms with Gasteiger partial charge in [0.05, 0.1) is 20.8 Å². The van der Waals surface area contributed by atoms with Gasteiger partial charge in [-0.1, -0.05) is 153 Å². The number of fused-ring (bicyclic) bond motifs is 9. The van der Waals surface area contributed by atoms with Crippen molar-refractivity contribution in [3.63, 3.8) is 0 Å². The molecule has 0 fully saturated rings. The first-order valence-corrected chi connectivity index (χ1v) is 20.2. The normalized spacial score (nSPS) is 14.1. The molecule has 2 heterocycles. The fourth-order valence-electron chi connectivity index (χ4n) is 8.69. The Labute approximate surface area is 321 Å². The van der Waals surface area contributed by atoms with E-state index in [1.807, 2.05) is 42.5 Å². The molecule has 4 heteroatoms. The molecule has 0 saturated heterocycles. The van der Waals surface area contributed by atoms with Gasteiger partial charge in [0, 0.05) is 21.9 Å². The highest BCUT2D eigenvalue weighted by Gasteiger charge is 2.40. The predicted molar refractivity (Wildman–Crippen MR) is 228 cm³/mol. The molecule has 0 unspecified atom stereocenters.